The van der Waals surface area contributed by atoms with Crippen LogP contribution in [-0.4, -0.2) is 50.9 Å². The first-order chi connectivity index (χ1) is 14.5. The van der Waals surface area contributed by atoms with Crippen molar-refractivity contribution < 1.29 is 19.5 Å². The molecule has 2 aromatic carbocycles. The maximum Gasteiger partial charge on any atom is 0.327 e. The number of carboxylic acid groups (broad SMARTS) is 1. The molecule has 2 heterocycles. The summed E-state index contributed by atoms with van der Waals surface area (Å²) in [6.45, 7) is 0. The zero-order chi connectivity index (χ0) is 21.3. The first kappa shape index (κ1) is 20.8. The summed E-state index contributed by atoms with van der Waals surface area (Å²) in [5, 5.41) is 11.5. The second-order valence-electron chi connectivity index (χ2n) is 7.45. The predicted molar refractivity (Wildman–Crippen MR) is 118 cm³/mol. The lowest BCUT2D eigenvalue weighted by Gasteiger charge is -2.29. The highest BCUT2D eigenvalue weighted by atomic mass is 32.2. The quantitative estimate of drug-likeness (QED) is 0.619. The summed E-state index contributed by atoms with van der Waals surface area (Å²) >= 11 is 5.89. The Bertz CT molecular complexity index is 969. The number of aliphatic carboxylic acids is 1. The molecule has 4 atom stereocenters. The molecular formula is C22H22N2O4S2. The van der Waals surface area contributed by atoms with Gasteiger partial charge in [-0.25, -0.2) is 4.79 Å². The van der Waals surface area contributed by atoms with Crippen LogP contribution in [0, 0.1) is 0 Å². The first-order valence-corrected chi connectivity index (χ1v) is 11.3. The molecule has 0 spiro atoms. The Labute approximate surface area is 184 Å². The van der Waals surface area contributed by atoms with Gasteiger partial charge in [0.05, 0.1) is 5.25 Å². The van der Waals surface area contributed by atoms with Gasteiger partial charge in [0, 0.05) is 12.2 Å². The third kappa shape index (κ3) is 4.06. The number of rotatable bonds is 5. The number of amides is 2. The second kappa shape index (κ2) is 8.73. The highest BCUT2D eigenvalue weighted by Crippen LogP contribution is 2.44. The fourth-order valence-corrected chi connectivity index (χ4v) is 5.74. The van der Waals surface area contributed by atoms with Gasteiger partial charge in [0.15, 0.2) is 0 Å². The minimum atomic E-state index is -1.03. The molecule has 2 aromatic rings. The minimum Gasteiger partial charge on any atom is -0.480 e. The van der Waals surface area contributed by atoms with Gasteiger partial charge in [-0.1, -0.05) is 54.6 Å². The predicted octanol–water partition coefficient (Wildman–Crippen LogP) is 2.30. The number of fused-ring (bicyclic) bond motifs is 3. The lowest BCUT2D eigenvalue weighted by atomic mass is 10.0. The van der Waals surface area contributed by atoms with E-state index >= 15 is 0 Å². The summed E-state index contributed by atoms with van der Waals surface area (Å²) in [7, 11) is 0. The topological polar surface area (TPSA) is 86.7 Å². The third-order valence-corrected chi connectivity index (χ3v) is 7.20. The molecule has 1 unspecified atom stereocenters. The van der Waals surface area contributed by atoms with E-state index in [4.69, 9.17) is 0 Å². The van der Waals surface area contributed by atoms with Gasteiger partial charge in [0.2, 0.25) is 11.8 Å². The van der Waals surface area contributed by atoms with Crippen LogP contribution in [0.1, 0.15) is 22.1 Å². The second-order valence-corrected chi connectivity index (χ2v) is 9.19. The summed E-state index contributed by atoms with van der Waals surface area (Å²) < 4.78 is 0. The van der Waals surface area contributed by atoms with Crippen molar-refractivity contribution in [1.29, 1.82) is 0 Å². The fourth-order valence-electron chi connectivity index (χ4n) is 3.96. The zero-order valence-corrected chi connectivity index (χ0v) is 17.8. The van der Waals surface area contributed by atoms with Gasteiger partial charge in [-0.3, -0.25) is 9.59 Å². The molecule has 0 aliphatic carbocycles. The number of benzene rings is 2. The molecule has 0 saturated carbocycles. The lowest BCUT2D eigenvalue weighted by molar-refractivity contribution is -0.150. The number of thiol groups is 1. The minimum absolute atomic E-state index is 0.323. The van der Waals surface area contributed by atoms with Gasteiger partial charge >= 0.3 is 5.97 Å². The summed E-state index contributed by atoms with van der Waals surface area (Å²) in [5.41, 5.74) is 2.86. The normalized spacial score (nSPS) is 23.8. The van der Waals surface area contributed by atoms with Gasteiger partial charge < -0.3 is 15.3 Å². The van der Waals surface area contributed by atoms with Gasteiger partial charge in [0.1, 0.15) is 17.5 Å². The van der Waals surface area contributed by atoms with Crippen molar-refractivity contribution in [3.63, 3.8) is 0 Å². The Kier molecular flexibility index (Phi) is 6.06. The van der Waals surface area contributed by atoms with Crippen molar-refractivity contribution in [3.05, 3.63) is 71.3 Å². The average Bonchev–Trinajstić information content (AvgIpc) is 3.15. The molecule has 0 aromatic heterocycles. The molecule has 0 bridgehead atoms. The van der Waals surface area contributed by atoms with Crippen LogP contribution in [0.4, 0.5) is 0 Å². The van der Waals surface area contributed by atoms with Crippen LogP contribution < -0.4 is 5.32 Å². The summed E-state index contributed by atoms with van der Waals surface area (Å²) in [5.74, 6) is -1.40. The molecule has 2 N–H and O–H groups in total. The number of hydrogen-bond acceptors (Lipinski definition) is 5. The van der Waals surface area contributed by atoms with Gasteiger partial charge in [-0.2, -0.15) is 12.6 Å². The number of carbonyl (C=O) groups excluding carboxylic acids is 2. The van der Waals surface area contributed by atoms with Crippen molar-refractivity contribution in [3.8, 4) is 0 Å². The van der Waals surface area contributed by atoms with Gasteiger partial charge in [0.25, 0.3) is 0 Å². The zero-order valence-electron chi connectivity index (χ0n) is 16.1. The SMILES string of the molecule is O=C(N[C@@H]1Cc2ccccc2[C@@H]2SC[C@H](C(=O)O)N2C1=O)C(S)Cc1ccccc1. The molecule has 156 valence electrons. The highest BCUT2D eigenvalue weighted by molar-refractivity contribution is 7.99. The Morgan fingerprint density at radius 1 is 1.17 bits per heavy atom. The smallest absolute Gasteiger partial charge is 0.327 e. The van der Waals surface area contributed by atoms with Crippen LogP contribution in [0.2, 0.25) is 0 Å². The number of carbonyl (C=O) groups is 3. The van der Waals surface area contributed by atoms with Gasteiger partial charge in [-0.05, 0) is 23.1 Å². The van der Waals surface area contributed by atoms with E-state index in [1.165, 1.54) is 16.7 Å². The molecule has 4 rings (SSSR count). The summed E-state index contributed by atoms with van der Waals surface area (Å²) in [6.07, 6.45) is 0.764. The van der Waals surface area contributed by atoms with Crippen LogP contribution in [-0.2, 0) is 27.2 Å². The number of nitrogens with zero attached hydrogens (tertiary/aromatic N) is 1. The van der Waals surface area contributed by atoms with E-state index in [0.29, 0.717) is 18.6 Å². The van der Waals surface area contributed by atoms with E-state index in [9.17, 15) is 19.5 Å². The van der Waals surface area contributed by atoms with E-state index < -0.39 is 23.3 Å². The Morgan fingerprint density at radius 2 is 1.87 bits per heavy atom. The molecule has 0 radical (unpaired) electrons. The molecule has 2 aliphatic rings. The largest absolute Gasteiger partial charge is 0.480 e. The number of nitrogens with one attached hydrogen (secondary N) is 1. The Balaban J connectivity index is 1.57. The highest BCUT2D eigenvalue weighted by Gasteiger charge is 2.47. The van der Waals surface area contributed by atoms with Crippen LogP contribution in [0.25, 0.3) is 0 Å². The lowest BCUT2D eigenvalue weighted by Crippen LogP contribution is -2.53. The number of hydrogen-bond donors (Lipinski definition) is 3. The maximum absolute atomic E-state index is 13.3. The molecule has 6 nitrogen and oxygen atoms in total. The average molecular weight is 443 g/mol. The third-order valence-electron chi connectivity index (χ3n) is 5.47. The van der Waals surface area contributed by atoms with E-state index in [-0.39, 0.29) is 17.2 Å². The number of carboxylic acids is 1. The monoisotopic (exact) mass is 442 g/mol. The van der Waals surface area contributed by atoms with E-state index in [1.54, 1.807) is 0 Å². The van der Waals surface area contributed by atoms with Crippen molar-refractivity contribution in [2.24, 2.45) is 0 Å². The van der Waals surface area contributed by atoms with Crippen LogP contribution in [0.15, 0.2) is 54.6 Å². The van der Waals surface area contributed by atoms with Gasteiger partial charge in [-0.15, -0.1) is 11.8 Å². The van der Waals surface area contributed by atoms with Crippen molar-refractivity contribution in [2.45, 2.75) is 35.5 Å². The van der Waals surface area contributed by atoms with Crippen LogP contribution >= 0.6 is 24.4 Å². The van der Waals surface area contributed by atoms with E-state index in [0.717, 1.165) is 16.7 Å². The summed E-state index contributed by atoms with van der Waals surface area (Å²) in [4.78, 5) is 39.3. The Morgan fingerprint density at radius 3 is 2.60 bits per heavy atom. The van der Waals surface area contributed by atoms with Crippen LogP contribution in [0.5, 0.6) is 0 Å². The molecule has 1 saturated heterocycles. The van der Waals surface area contributed by atoms with E-state index in [2.05, 4.69) is 17.9 Å². The molecule has 8 heteroatoms. The Hall–Kier alpha value is -2.45. The molecule has 2 aliphatic heterocycles. The fraction of sp³-hybridized carbons (Fsp3) is 0.318. The standard InChI is InChI=1S/C22H22N2O4S2/c25-19(18(29)10-13-6-2-1-3-7-13)23-16-11-14-8-4-5-9-15(14)21-24(20(16)26)17(12-30-21)22(27)28/h1-9,16-18,21,29H,10-12H2,(H,23,25)(H,27,28)/t16-,17-,18?,21+/m1/s1. The van der Waals surface area contributed by atoms with Crippen LogP contribution in [0.3, 0.4) is 0 Å². The molecule has 1 fully saturated rings. The summed E-state index contributed by atoms with van der Waals surface area (Å²) in [6, 6.07) is 15.5. The van der Waals surface area contributed by atoms with E-state index in [1.807, 2.05) is 54.6 Å². The van der Waals surface area contributed by atoms with Crippen molar-refractivity contribution >= 4 is 42.2 Å². The van der Waals surface area contributed by atoms with Crippen molar-refractivity contribution in [2.75, 3.05) is 5.75 Å². The number of thioether (sulfide) groups is 1. The first-order valence-electron chi connectivity index (χ1n) is 9.72. The maximum atomic E-state index is 13.3. The van der Waals surface area contributed by atoms with Crippen molar-refractivity contribution in [1.82, 2.24) is 10.2 Å². The molecule has 30 heavy (non-hydrogen) atoms. The molecule has 2 amide bonds. The molecular weight excluding hydrogens is 420 g/mol.